The van der Waals surface area contributed by atoms with Crippen molar-refractivity contribution < 1.29 is 28.4 Å². The normalized spacial score (nSPS) is 11.6. The molecule has 1 atom stereocenters. The van der Waals surface area contributed by atoms with E-state index in [0.717, 1.165) is 0 Å². The van der Waals surface area contributed by atoms with Crippen LogP contribution in [-0.4, -0.2) is 30.5 Å². The van der Waals surface area contributed by atoms with Crippen LogP contribution in [0.2, 0.25) is 0 Å². The van der Waals surface area contributed by atoms with Gasteiger partial charge in [-0.05, 0) is 30.7 Å². The van der Waals surface area contributed by atoms with E-state index in [0.29, 0.717) is 21.2 Å². The smallest absolute Gasteiger partial charge is 0.349 e. The van der Waals surface area contributed by atoms with Crippen LogP contribution < -0.4 is 15.7 Å². The van der Waals surface area contributed by atoms with Crippen LogP contribution in [-0.2, 0) is 9.53 Å². The summed E-state index contributed by atoms with van der Waals surface area (Å²) in [6.45, 7) is 1.75. The highest BCUT2D eigenvalue weighted by atomic mass is 79.9. The van der Waals surface area contributed by atoms with Crippen molar-refractivity contribution in [3.05, 3.63) is 78.6 Å². The molecule has 0 saturated heterocycles. The number of carbonyl (C=O) groups excluding carboxylic acids is 2. The predicted molar refractivity (Wildman–Crippen MR) is 121 cm³/mol. The molecule has 0 spiro atoms. The van der Waals surface area contributed by atoms with E-state index in [2.05, 4.69) is 21.2 Å². The lowest BCUT2D eigenvalue weighted by atomic mass is 10.0. The van der Waals surface area contributed by atoms with Gasteiger partial charge in [-0.1, -0.05) is 28.1 Å². The molecule has 0 saturated carbocycles. The van der Waals surface area contributed by atoms with Gasteiger partial charge in [-0.2, -0.15) is 0 Å². The summed E-state index contributed by atoms with van der Waals surface area (Å²) < 4.78 is 16.1. The zero-order valence-corrected chi connectivity index (χ0v) is 19.2. The van der Waals surface area contributed by atoms with E-state index in [1.54, 1.807) is 19.1 Å². The van der Waals surface area contributed by atoms with Gasteiger partial charge in [0, 0.05) is 22.0 Å². The number of amides is 1. The molecule has 0 aliphatic rings. The fourth-order valence-electron chi connectivity index (χ4n) is 3.21. The highest BCUT2D eigenvalue weighted by Gasteiger charge is 2.24. The van der Waals surface area contributed by atoms with Crippen LogP contribution in [0.3, 0.4) is 0 Å². The molecule has 3 aromatic rings. The molecule has 0 radical (unpaired) electrons. The molecular formula is C22H19BrN2O8. The average molecular weight is 519 g/mol. The van der Waals surface area contributed by atoms with Gasteiger partial charge in [0.15, 0.2) is 11.3 Å². The number of benzene rings is 2. The molecule has 0 aliphatic heterocycles. The molecule has 1 aromatic heterocycles. The molecule has 172 valence electrons. The Balaban J connectivity index is 1.99. The van der Waals surface area contributed by atoms with Gasteiger partial charge >= 0.3 is 11.6 Å². The second kappa shape index (κ2) is 10.3. The van der Waals surface area contributed by atoms with Crippen molar-refractivity contribution in [1.82, 2.24) is 5.32 Å². The Labute approximate surface area is 195 Å². The van der Waals surface area contributed by atoms with Gasteiger partial charge in [0.2, 0.25) is 0 Å². The number of halogens is 1. The van der Waals surface area contributed by atoms with Crippen molar-refractivity contribution in [2.75, 3.05) is 13.7 Å². The van der Waals surface area contributed by atoms with Gasteiger partial charge in [0.05, 0.1) is 31.1 Å². The number of nitrogens with one attached hydrogen (secondary N) is 1. The third-order valence-electron chi connectivity index (χ3n) is 4.69. The summed E-state index contributed by atoms with van der Waals surface area (Å²) in [7, 11) is 1.42. The lowest BCUT2D eigenvalue weighted by molar-refractivity contribution is -0.384. The van der Waals surface area contributed by atoms with Gasteiger partial charge in [0.25, 0.3) is 11.6 Å². The molecule has 3 rings (SSSR count). The van der Waals surface area contributed by atoms with E-state index in [4.69, 9.17) is 13.9 Å². The van der Waals surface area contributed by atoms with E-state index >= 15 is 0 Å². The number of nitro benzene ring substituents is 1. The Morgan fingerprint density at radius 3 is 2.67 bits per heavy atom. The number of ether oxygens (including phenoxy) is 2. The molecule has 0 aliphatic carbocycles. The molecule has 0 unspecified atom stereocenters. The topological polar surface area (TPSA) is 138 Å². The zero-order chi connectivity index (χ0) is 24.1. The maximum absolute atomic E-state index is 13.0. The first-order valence-electron chi connectivity index (χ1n) is 9.75. The third kappa shape index (κ3) is 5.55. The van der Waals surface area contributed by atoms with Crippen LogP contribution in [0, 0.1) is 10.1 Å². The average Bonchev–Trinajstić information content (AvgIpc) is 2.78. The lowest BCUT2D eigenvalue weighted by Gasteiger charge is -2.18. The maximum Gasteiger partial charge on any atom is 0.349 e. The minimum Gasteiger partial charge on any atom is -0.493 e. The van der Waals surface area contributed by atoms with Gasteiger partial charge in [-0.25, -0.2) is 4.79 Å². The number of hydrogen-bond donors (Lipinski definition) is 1. The summed E-state index contributed by atoms with van der Waals surface area (Å²) in [5.74, 6) is -1.13. The summed E-state index contributed by atoms with van der Waals surface area (Å²) >= 11 is 3.33. The van der Waals surface area contributed by atoms with Crippen LogP contribution in [0.15, 0.2) is 56.1 Å². The SMILES string of the molecule is CCOC(=O)C[C@H](NC(=O)c1cc2cc(Br)cc(OC)c2oc1=O)c1cccc([N+](=O)[O-])c1. The number of rotatable bonds is 8. The van der Waals surface area contributed by atoms with Crippen molar-refractivity contribution in [3.63, 3.8) is 0 Å². The molecule has 0 bridgehead atoms. The number of esters is 1. The Morgan fingerprint density at radius 1 is 1.24 bits per heavy atom. The summed E-state index contributed by atoms with van der Waals surface area (Å²) in [4.78, 5) is 48.2. The minimum atomic E-state index is -0.983. The summed E-state index contributed by atoms with van der Waals surface area (Å²) in [6, 6.07) is 9.12. The zero-order valence-electron chi connectivity index (χ0n) is 17.6. The van der Waals surface area contributed by atoms with Gasteiger partial charge in [0.1, 0.15) is 5.56 Å². The van der Waals surface area contributed by atoms with Gasteiger partial charge in [-0.3, -0.25) is 19.7 Å². The maximum atomic E-state index is 13.0. The first kappa shape index (κ1) is 23.9. The van der Waals surface area contributed by atoms with Crippen molar-refractivity contribution in [2.24, 2.45) is 0 Å². The van der Waals surface area contributed by atoms with Crippen LogP contribution in [0.5, 0.6) is 5.75 Å². The molecule has 0 fully saturated rings. The van der Waals surface area contributed by atoms with Crippen molar-refractivity contribution in [2.45, 2.75) is 19.4 Å². The van der Waals surface area contributed by atoms with Gasteiger partial charge < -0.3 is 19.2 Å². The number of hydrogen-bond acceptors (Lipinski definition) is 8. The van der Waals surface area contributed by atoms with E-state index in [9.17, 15) is 24.5 Å². The summed E-state index contributed by atoms with van der Waals surface area (Å²) in [5.41, 5.74) is -0.946. The van der Waals surface area contributed by atoms with Crippen molar-refractivity contribution in [1.29, 1.82) is 0 Å². The standard InChI is InChI=1S/C22H19BrN2O8/c1-3-32-19(26)11-17(12-5-4-6-15(8-12)25(29)30)24-21(27)16-9-13-7-14(23)10-18(31-2)20(13)33-22(16)28/h4-10,17H,3,11H2,1-2H3,(H,24,27)/t17-/m0/s1. The summed E-state index contributed by atoms with van der Waals surface area (Å²) in [5, 5.41) is 14.2. The predicted octanol–water partition coefficient (Wildman–Crippen LogP) is 3.90. The molecular weight excluding hydrogens is 500 g/mol. The molecule has 1 N–H and O–H groups in total. The molecule has 1 amide bonds. The van der Waals surface area contributed by atoms with E-state index in [-0.39, 0.29) is 29.9 Å². The monoisotopic (exact) mass is 518 g/mol. The number of methoxy groups -OCH3 is 1. The molecule has 1 heterocycles. The molecule has 10 nitrogen and oxygen atoms in total. The van der Waals surface area contributed by atoms with Crippen molar-refractivity contribution in [3.8, 4) is 5.75 Å². The van der Waals surface area contributed by atoms with Gasteiger partial charge in [-0.15, -0.1) is 0 Å². The van der Waals surface area contributed by atoms with E-state index in [1.807, 2.05) is 0 Å². The quantitative estimate of drug-likeness (QED) is 0.205. The number of carbonyl (C=O) groups is 2. The fraction of sp³-hybridized carbons (Fsp3) is 0.227. The number of nitro groups is 1. The Bertz CT molecular complexity index is 1290. The summed E-state index contributed by atoms with van der Waals surface area (Å²) in [6.07, 6.45) is -0.293. The van der Waals surface area contributed by atoms with Crippen LogP contribution in [0.1, 0.15) is 35.3 Å². The number of nitrogens with zero attached hydrogens (tertiary/aromatic N) is 1. The molecule has 2 aromatic carbocycles. The fourth-order valence-corrected chi connectivity index (χ4v) is 3.66. The van der Waals surface area contributed by atoms with Crippen molar-refractivity contribution >= 4 is 44.5 Å². The lowest BCUT2D eigenvalue weighted by Crippen LogP contribution is -2.33. The number of fused-ring (bicyclic) bond motifs is 1. The first-order chi connectivity index (χ1) is 15.7. The van der Waals surface area contributed by atoms with Crippen LogP contribution in [0.4, 0.5) is 5.69 Å². The van der Waals surface area contributed by atoms with E-state index in [1.165, 1.54) is 37.4 Å². The van der Waals surface area contributed by atoms with Crippen LogP contribution in [0.25, 0.3) is 11.0 Å². The minimum absolute atomic E-state index is 0.124. The molecule has 11 heteroatoms. The second-order valence-electron chi connectivity index (χ2n) is 6.86. The highest BCUT2D eigenvalue weighted by Crippen LogP contribution is 2.30. The largest absolute Gasteiger partial charge is 0.493 e. The molecule has 33 heavy (non-hydrogen) atoms. The Hall–Kier alpha value is -3.73. The Kier molecular flexibility index (Phi) is 7.44. The first-order valence-corrected chi connectivity index (χ1v) is 10.5. The van der Waals surface area contributed by atoms with E-state index < -0.39 is 28.5 Å². The number of non-ortho nitro benzene ring substituents is 1. The van der Waals surface area contributed by atoms with Crippen LogP contribution >= 0.6 is 15.9 Å². The second-order valence-corrected chi connectivity index (χ2v) is 7.78. The highest BCUT2D eigenvalue weighted by molar-refractivity contribution is 9.10. The third-order valence-corrected chi connectivity index (χ3v) is 5.15. The Morgan fingerprint density at radius 2 is 2.00 bits per heavy atom.